The minimum Gasteiger partial charge on any atom is -0.321 e. The van der Waals surface area contributed by atoms with E-state index in [0.717, 1.165) is 5.65 Å². The molecule has 2 aromatic rings. The number of fused-ring (bicyclic) bond motifs is 1. The highest BCUT2D eigenvalue weighted by molar-refractivity contribution is 6.07. The van der Waals surface area contributed by atoms with Crippen LogP contribution in [0.25, 0.3) is 11.2 Å². The van der Waals surface area contributed by atoms with Gasteiger partial charge < -0.3 is 10.3 Å². The zero-order valence-corrected chi connectivity index (χ0v) is 10.2. The fourth-order valence-electron chi connectivity index (χ4n) is 1.76. The molecule has 90 valence electrons. The zero-order chi connectivity index (χ0) is 12.6. The van der Waals surface area contributed by atoms with Gasteiger partial charge in [0, 0.05) is 12.2 Å². The van der Waals surface area contributed by atoms with E-state index in [0.29, 0.717) is 11.1 Å². The third kappa shape index (κ3) is 1.93. The number of hydrogen-bond acceptors (Lipinski definition) is 4. The molecular formula is C12H16N4O. The largest absolute Gasteiger partial charge is 0.321 e. The van der Waals surface area contributed by atoms with Crippen LogP contribution < -0.4 is 5.73 Å². The molecule has 5 heteroatoms. The number of nitrogens with two attached hydrogens (primary N) is 1. The number of nitrogens with zero attached hydrogens (tertiary/aromatic N) is 3. The van der Waals surface area contributed by atoms with Crippen molar-refractivity contribution >= 4 is 16.9 Å². The van der Waals surface area contributed by atoms with Crippen LogP contribution in [0.2, 0.25) is 0 Å². The first-order valence-electron chi connectivity index (χ1n) is 5.63. The molecule has 1 atom stereocenters. The lowest BCUT2D eigenvalue weighted by Gasteiger charge is -2.08. The summed E-state index contributed by atoms with van der Waals surface area (Å²) in [5.74, 6) is -0.105. The topological polar surface area (TPSA) is 73.8 Å². The van der Waals surface area contributed by atoms with Gasteiger partial charge in [0.1, 0.15) is 5.52 Å². The second-order valence-electron chi connectivity index (χ2n) is 4.43. The van der Waals surface area contributed by atoms with E-state index in [-0.39, 0.29) is 11.8 Å². The van der Waals surface area contributed by atoms with Gasteiger partial charge in [-0.1, -0.05) is 0 Å². The summed E-state index contributed by atoms with van der Waals surface area (Å²) >= 11 is 0. The molecule has 0 spiro atoms. The third-order valence-corrected chi connectivity index (χ3v) is 2.70. The van der Waals surface area contributed by atoms with Gasteiger partial charge in [-0.05, 0) is 26.8 Å². The predicted octanol–water partition coefficient (Wildman–Crippen LogP) is 1.54. The Bertz CT molecular complexity index is 557. The van der Waals surface area contributed by atoms with Gasteiger partial charge in [-0.3, -0.25) is 4.79 Å². The number of hydrogen-bond donors (Lipinski definition) is 1. The van der Waals surface area contributed by atoms with Crippen LogP contribution in [0.3, 0.4) is 0 Å². The van der Waals surface area contributed by atoms with Crippen LogP contribution >= 0.6 is 0 Å². The van der Waals surface area contributed by atoms with Crippen molar-refractivity contribution in [1.29, 1.82) is 0 Å². The zero-order valence-electron chi connectivity index (χ0n) is 10.2. The summed E-state index contributed by atoms with van der Waals surface area (Å²) < 4.78 is 1.94. The second kappa shape index (κ2) is 4.25. The Morgan fingerprint density at radius 3 is 2.65 bits per heavy atom. The Labute approximate surface area is 99.7 Å². The van der Waals surface area contributed by atoms with Crippen LogP contribution in [0.1, 0.15) is 37.2 Å². The summed E-state index contributed by atoms with van der Waals surface area (Å²) in [4.78, 5) is 20.5. The van der Waals surface area contributed by atoms with Crippen LogP contribution in [0.4, 0.5) is 0 Å². The molecule has 0 fully saturated rings. The Balaban J connectivity index is 2.64. The molecule has 0 saturated heterocycles. The number of aromatic nitrogens is 3. The molecular weight excluding hydrogens is 216 g/mol. The van der Waals surface area contributed by atoms with E-state index in [4.69, 9.17) is 5.73 Å². The molecule has 2 aromatic heterocycles. The number of Topliss-reactive ketones (excluding diaryl/α,β-unsaturated/α-hetero) is 1. The quantitative estimate of drug-likeness (QED) is 0.815. The van der Waals surface area contributed by atoms with Crippen molar-refractivity contribution < 1.29 is 4.79 Å². The number of pyridine rings is 1. The first-order chi connectivity index (χ1) is 8.02. The number of imidazole rings is 1. The van der Waals surface area contributed by atoms with Gasteiger partial charge in [0.15, 0.2) is 11.4 Å². The lowest BCUT2D eigenvalue weighted by molar-refractivity contribution is 0.0969. The van der Waals surface area contributed by atoms with E-state index in [9.17, 15) is 4.79 Å². The molecule has 1 unspecified atom stereocenters. The summed E-state index contributed by atoms with van der Waals surface area (Å²) in [7, 11) is 0. The van der Waals surface area contributed by atoms with Crippen LogP contribution in [-0.4, -0.2) is 26.4 Å². The Kier molecular flexibility index (Phi) is 2.93. The van der Waals surface area contributed by atoms with Crippen LogP contribution in [0.5, 0.6) is 0 Å². The molecule has 0 aliphatic heterocycles. The van der Waals surface area contributed by atoms with E-state index < -0.39 is 6.04 Å². The first kappa shape index (κ1) is 11.7. The van der Waals surface area contributed by atoms with Crippen molar-refractivity contribution in [1.82, 2.24) is 14.5 Å². The minimum absolute atomic E-state index is 0.105. The predicted molar refractivity (Wildman–Crippen MR) is 65.9 cm³/mol. The van der Waals surface area contributed by atoms with E-state index in [1.807, 2.05) is 18.4 Å². The van der Waals surface area contributed by atoms with Crippen molar-refractivity contribution in [2.24, 2.45) is 5.73 Å². The van der Waals surface area contributed by atoms with E-state index in [1.165, 1.54) is 0 Å². The fraction of sp³-hybridized carbons (Fsp3) is 0.417. The summed E-state index contributed by atoms with van der Waals surface area (Å²) in [5.41, 5.74) is 7.52. The maximum Gasteiger partial charge on any atom is 0.181 e. The highest BCUT2D eigenvalue weighted by Gasteiger charge is 2.17. The van der Waals surface area contributed by atoms with Crippen molar-refractivity contribution in [3.05, 3.63) is 24.2 Å². The molecule has 17 heavy (non-hydrogen) atoms. The van der Waals surface area contributed by atoms with Gasteiger partial charge in [-0.15, -0.1) is 0 Å². The summed E-state index contributed by atoms with van der Waals surface area (Å²) in [5, 5.41) is 0. The molecule has 0 aliphatic rings. The van der Waals surface area contributed by atoms with Gasteiger partial charge in [0.05, 0.1) is 17.9 Å². The van der Waals surface area contributed by atoms with Gasteiger partial charge in [0.25, 0.3) is 0 Å². The molecule has 0 amide bonds. The van der Waals surface area contributed by atoms with Crippen LogP contribution in [0.15, 0.2) is 18.6 Å². The monoisotopic (exact) mass is 232 g/mol. The van der Waals surface area contributed by atoms with Crippen molar-refractivity contribution in [3.63, 3.8) is 0 Å². The number of ketones is 1. The lowest BCUT2D eigenvalue weighted by Crippen LogP contribution is -2.26. The minimum atomic E-state index is -0.523. The van der Waals surface area contributed by atoms with Crippen molar-refractivity contribution in [2.75, 3.05) is 0 Å². The Morgan fingerprint density at radius 2 is 2.06 bits per heavy atom. The Hall–Kier alpha value is -1.75. The van der Waals surface area contributed by atoms with Gasteiger partial charge in [-0.2, -0.15) is 0 Å². The highest BCUT2D eigenvalue weighted by atomic mass is 16.1. The molecule has 0 aromatic carbocycles. The molecule has 0 bridgehead atoms. The number of carbonyl (C=O) groups is 1. The molecule has 0 aliphatic carbocycles. The SMILES string of the molecule is CC(N)C(=O)c1ccnc2c1ncn2C(C)C. The summed E-state index contributed by atoms with van der Waals surface area (Å²) in [6, 6.07) is 1.41. The standard InChI is InChI=1S/C12H16N4O/c1-7(2)16-6-15-10-9(11(17)8(3)13)4-5-14-12(10)16/h4-8H,13H2,1-3H3. The van der Waals surface area contributed by atoms with E-state index in [2.05, 4.69) is 9.97 Å². The smallest absolute Gasteiger partial charge is 0.181 e. The molecule has 2 N–H and O–H groups in total. The number of carbonyl (C=O) groups excluding carboxylic acids is 1. The average Bonchev–Trinajstić information content (AvgIpc) is 2.71. The van der Waals surface area contributed by atoms with Crippen LogP contribution in [-0.2, 0) is 0 Å². The van der Waals surface area contributed by atoms with Gasteiger partial charge >= 0.3 is 0 Å². The summed E-state index contributed by atoms with van der Waals surface area (Å²) in [6.45, 7) is 5.76. The third-order valence-electron chi connectivity index (χ3n) is 2.70. The lowest BCUT2D eigenvalue weighted by atomic mass is 10.1. The van der Waals surface area contributed by atoms with Gasteiger partial charge in [-0.25, -0.2) is 9.97 Å². The van der Waals surface area contributed by atoms with Crippen molar-refractivity contribution in [3.8, 4) is 0 Å². The molecule has 2 rings (SSSR count). The molecule has 0 radical (unpaired) electrons. The first-order valence-corrected chi connectivity index (χ1v) is 5.63. The van der Waals surface area contributed by atoms with Crippen LogP contribution in [0, 0.1) is 0 Å². The van der Waals surface area contributed by atoms with E-state index >= 15 is 0 Å². The maximum atomic E-state index is 11.9. The van der Waals surface area contributed by atoms with Gasteiger partial charge in [0.2, 0.25) is 0 Å². The van der Waals surface area contributed by atoms with E-state index in [1.54, 1.807) is 25.5 Å². The average molecular weight is 232 g/mol. The van der Waals surface area contributed by atoms with Crippen molar-refractivity contribution in [2.45, 2.75) is 32.9 Å². The number of rotatable bonds is 3. The second-order valence-corrected chi connectivity index (χ2v) is 4.43. The summed E-state index contributed by atoms with van der Waals surface area (Å²) in [6.07, 6.45) is 3.33. The fourth-order valence-corrected chi connectivity index (χ4v) is 1.76. The normalized spacial score (nSPS) is 13.2. The molecule has 5 nitrogen and oxygen atoms in total. The molecule has 0 saturated carbocycles. The Morgan fingerprint density at radius 1 is 1.35 bits per heavy atom. The molecule has 2 heterocycles. The maximum absolute atomic E-state index is 11.9. The highest BCUT2D eigenvalue weighted by Crippen LogP contribution is 2.19.